The number of amides is 1. The quantitative estimate of drug-likeness (QED) is 0.727. The molecule has 0 saturated heterocycles. The fourth-order valence-corrected chi connectivity index (χ4v) is 2.43. The zero-order chi connectivity index (χ0) is 11.4. The van der Waals surface area contributed by atoms with Crippen molar-refractivity contribution in [1.82, 2.24) is 15.0 Å². The molecule has 0 radical (unpaired) electrons. The molecule has 1 amide bonds. The van der Waals surface area contributed by atoms with Gasteiger partial charge in [-0.1, -0.05) is 5.16 Å². The second kappa shape index (κ2) is 5.09. The summed E-state index contributed by atoms with van der Waals surface area (Å²) in [6, 6.07) is 0.390. The molecule has 16 heavy (non-hydrogen) atoms. The Kier molecular flexibility index (Phi) is 3.54. The van der Waals surface area contributed by atoms with Gasteiger partial charge in [-0.05, 0) is 32.6 Å². The lowest BCUT2D eigenvalue weighted by molar-refractivity contribution is -0.120. The molecule has 1 aliphatic rings. The van der Waals surface area contributed by atoms with Crippen molar-refractivity contribution in [3.63, 3.8) is 0 Å². The molecule has 0 aliphatic heterocycles. The largest absolute Gasteiger partial charge is 0.343 e. The predicted molar refractivity (Wildman–Crippen MR) is 57.7 cm³/mol. The van der Waals surface area contributed by atoms with Gasteiger partial charge >= 0.3 is 0 Å². The summed E-state index contributed by atoms with van der Waals surface area (Å²) < 4.78 is 5.08. The van der Waals surface area contributed by atoms with Gasteiger partial charge in [0.05, 0.1) is 0 Å². The summed E-state index contributed by atoms with van der Waals surface area (Å²) in [7, 11) is 0. The van der Waals surface area contributed by atoms with Crippen molar-refractivity contribution in [3.05, 3.63) is 12.2 Å². The van der Waals surface area contributed by atoms with Gasteiger partial charge in [0, 0.05) is 18.5 Å². The van der Waals surface area contributed by atoms with Crippen LogP contribution in [0.25, 0.3) is 0 Å². The summed E-state index contributed by atoms with van der Waals surface area (Å²) >= 11 is 0. The third kappa shape index (κ3) is 2.23. The number of rotatable bonds is 4. The monoisotopic (exact) mass is 223 g/mol. The Bertz CT molecular complexity index is 318. The molecule has 88 valence electrons. The molecule has 1 heterocycles. The Morgan fingerprint density at radius 2 is 2.25 bits per heavy atom. The van der Waals surface area contributed by atoms with E-state index >= 15 is 0 Å². The Hall–Kier alpha value is -1.39. The van der Waals surface area contributed by atoms with E-state index in [1.165, 1.54) is 6.33 Å². The van der Waals surface area contributed by atoms with Crippen molar-refractivity contribution in [1.29, 1.82) is 0 Å². The molecule has 1 aromatic heterocycles. The molecule has 2 rings (SSSR count). The second-order valence-corrected chi connectivity index (χ2v) is 4.22. The lowest BCUT2D eigenvalue weighted by atomic mass is 9.85. The van der Waals surface area contributed by atoms with E-state index in [9.17, 15) is 4.79 Å². The molecule has 0 bridgehead atoms. The maximum Gasteiger partial charge on any atom is 0.229 e. The van der Waals surface area contributed by atoms with E-state index in [4.69, 9.17) is 4.52 Å². The molecule has 5 nitrogen and oxygen atoms in total. The van der Waals surface area contributed by atoms with E-state index in [2.05, 4.69) is 10.1 Å². The fraction of sp³-hybridized carbons (Fsp3) is 0.727. The number of carbonyl (C=O) groups excluding carboxylic acids is 1. The lowest BCUT2D eigenvalue weighted by Crippen LogP contribution is -2.36. The van der Waals surface area contributed by atoms with Crippen LogP contribution in [0.2, 0.25) is 0 Å². The van der Waals surface area contributed by atoms with Crippen molar-refractivity contribution in [3.8, 4) is 0 Å². The summed E-state index contributed by atoms with van der Waals surface area (Å²) in [6.45, 7) is 2.80. The smallest absolute Gasteiger partial charge is 0.229 e. The third-order valence-corrected chi connectivity index (χ3v) is 3.39. The van der Waals surface area contributed by atoms with Crippen molar-refractivity contribution in [2.75, 3.05) is 6.54 Å². The van der Waals surface area contributed by atoms with Crippen molar-refractivity contribution in [2.24, 2.45) is 0 Å². The second-order valence-electron chi connectivity index (χ2n) is 4.22. The Morgan fingerprint density at radius 1 is 1.50 bits per heavy atom. The van der Waals surface area contributed by atoms with E-state index in [0.29, 0.717) is 12.0 Å². The van der Waals surface area contributed by atoms with E-state index in [-0.39, 0.29) is 0 Å². The Balaban J connectivity index is 1.89. The van der Waals surface area contributed by atoms with Crippen LogP contribution in [0, 0.1) is 0 Å². The van der Waals surface area contributed by atoms with Crippen LogP contribution >= 0.6 is 0 Å². The highest BCUT2D eigenvalue weighted by atomic mass is 16.5. The van der Waals surface area contributed by atoms with Gasteiger partial charge in [0.25, 0.3) is 0 Å². The van der Waals surface area contributed by atoms with Crippen LogP contribution in [0.3, 0.4) is 0 Å². The minimum absolute atomic E-state index is 0.379. The lowest BCUT2D eigenvalue weighted by Gasteiger charge is -2.32. The third-order valence-electron chi connectivity index (χ3n) is 3.39. The number of hydrogen-bond acceptors (Lipinski definition) is 4. The average Bonchev–Trinajstić information content (AvgIpc) is 2.85. The highest BCUT2D eigenvalue weighted by molar-refractivity contribution is 5.47. The van der Waals surface area contributed by atoms with Gasteiger partial charge < -0.3 is 9.42 Å². The van der Waals surface area contributed by atoms with Crippen LogP contribution in [-0.2, 0) is 4.79 Å². The summed E-state index contributed by atoms with van der Waals surface area (Å²) in [5.41, 5.74) is 0. The van der Waals surface area contributed by atoms with Crippen LogP contribution in [0.1, 0.15) is 44.4 Å². The molecule has 0 N–H and O–H groups in total. The van der Waals surface area contributed by atoms with Crippen LogP contribution < -0.4 is 0 Å². The number of carbonyl (C=O) groups is 1. The minimum atomic E-state index is 0.379. The maximum atomic E-state index is 10.8. The summed E-state index contributed by atoms with van der Waals surface area (Å²) in [5.74, 6) is 1.12. The molecule has 0 atom stereocenters. The summed E-state index contributed by atoms with van der Waals surface area (Å²) in [4.78, 5) is 16.8. The average molecular weight is 223 g/mol. The molecular formula is C11H17N3O2. The van der Waals surface area contributed by atoms with E-state index in [0.717, 1.165) is 44.5 Å². The van der Waals surface area contributed by atoms with Gasteiger partial charge in [-0.3, -0.25) is 4.79 Å². The van der Waals surface area contributed by atoms with Gasteiger partial charge in [-0.2, -0.15) is 4.98 Å². The number of nitrogens with zero attached hydrogens (tertiary/aromatic N) is 3. The maximum absolute atomic E-state index is 10.8. The molecule has 1 fully saturated rings. The highest BCUT2D eigenvalue weighted by Crippen LogP contribution is 2.33. The SMILES string of the molecule is CCN(C=O)C1CCC(c2ncno2)CC1. The van der Waals surface area contributed by atoms with Crippen molar-refractivity contribution >= 4 is 6.41 Å². The Morgan fingerprint density at radius 3 is 2.75 bits per heavy atom. The summed E-state index contributed by atoms with van der Waals surface area (Å²) in [5, 5.41) is 3.63. The summed E-state index contributed by atoms with van der Waals surface area (Å²) in [6.07, 6.45) is 6.51. The molecule has 1 aromatic rings. The first-order valence-electron chi connectivity index (χ1n) is 5.82. The van der Waals surface area contributed by atoms with Gasteiger partial charge in [-0.15, -0.1) is 0 Å². The van der Waals surface area contributed by atoms with E-state index < -0.39 is 0 Å². The van der Waals surface area contributed by atoms with Crippen molar-refractivity contribution < 1.29 is 9.32 Å². The molecule has 0 aromatic carbocycles. The zero-order valence-corrected chi connectivity index (χ0v) is 9.50. The van der Waals surface area contributed by atoms with Gasteiger partial charge in [0.2, 0.25) is 12.3 Å². The van der Waals surface area contributed by atoms with Crippen LogP contribution in [0.4, 0.5) is 0 Å². The topological polar surface area (TPSA) is 59.2 Å². The predicted octanol–water partition coefficient (Wildman–Crippen LogP) is 1.57. The highest BCUT2D eigenvalue weighted by Gasteiger charge is 2.27. The van der Waals surface area contributed by atoms with Gasteiger partial charge in [-0.25, -0.2) is 0 Å². The van der Waals surface area contributed by atoms with Crippen LogP contribution in [0.5, 0.6) is 0 Å². The van der Waals surface area contributed by atoms with E-state index in [1.54, 1.807) is 0 Å². The number of aromatic nitrogens is 2. The first-order valence-corrected chi connectivity index (χ1v) is 5.82. The van der Waals surface area contributed by atoms with E-state index in [1.807, 2.05) is 11.8 Å². The molecule has 1 saturated carbocycles. The standard InChI is InChI=1S/C11H17N3O2/c1-2-14(8-15)10-5-3-9(4-6-10)11-12-7-13-16-11/h7-10H,2-6H2,1H3. The fourth-order valence-electron chi connectivity index (χ4n) is 2.43. The first kappa shape index (κ1) is 11.1. The minimum Gasteiger partial charge on any atom is -0.343 e. The zero-order valence-electron chi connectivity index (χ0n) is 9.50. The van der Waals surface area contributed by atoms with Gasteiger partial charge in [0.1, 0.15) is 0 Å². The molecule has 5 heteroatoms. The van der Waals surface area contributed by atoms with Crippen molar-refractivity contribution in [2.45, 2.75) is 44.6 Å². The first-order chi connectivity index (χ1) is 7.85. The normalized spacial score (nSPS) is 25.3. The molecule has 1 aliphatic carbocycles. The molecule has 0 spiro atoms. The molecular weight excluding hydrogens is 206 g/mol. The molecule has 0 unspecified atom stereocenters. The van der Waals surface area contributed by atoms with Crippen LogP contribution in [0.15, 0.2) is 10.9 Å². The van der Waals surface area contributed by atoms with Gasteiger partial charge in [0.15, 0.2) is 6.33 Å². The Labute approximate surface area is 94.8 Å². The number of hydrogen-bond donors (Lipinski definition) is 0. The van der Waals surface area contributed by atoms with Crippen LogP contribution in [-0.4, -0.2) is 34.0 Å².